The zero-order valence-corrected chi connectivity index (χ0v) is 13.6. The molecule has 1 unspecified atom stereocenters. The second-order valence-electron chi connectivity index (χ2n) is 6.34. The molecule has 2 N–H and O–H groups in total. The zero-order valence-electron chi connectivity index (χ0n) is 12.8. The second kappa shape index (κ2) is 5.39. The summed E-state index contributed by atoms with van der Waals surface area (Å²) in [6.07, 6.45) is 1.18. The van der Waals surface area contributed by atoms with Crippen LogP contribution in [-0.2, 0) is 0 Å². The average molecular weight is 331 g/mol. The number of thiazole rings is 1. The Balaban J connectivity index is 1.70. The first-order chi connectivity index (χ1) is 11.1. The number of nitrogens with zero attached hydrogens (tertiary/aromatic N) is 2. The van der Waals surface area contributed by atoms with E-state index in [2.05, 4.69) is 4.98 Å². The summed E-state index contributed by atoms with van der Waals surface area (Å²) < 4.78 is 13.5. The number of hydrogen-bond acceptors (Lipinski definition) is 4. The Kier molecular flexibility index (Phi) is 3.46. The Morgan fingerprint density at radius 3 is 3.09 bits per heavy atom. The van der Waals surface area contributed by atoms with Crippen LogP contribution in [0.25, 0.3) is 10.4 Å². The van der Waals surface area contributed by atoms with Crippen LogP contribution in [0.2, 0.25) is 0 Å². The molecule has 4 nitrogen and oxygen atoms in total. The van der Waals surface area contributed by atoms with Crippen LogP contribution in [0, 0.1) is 24.6 Å². The number of rotatable bonds is 3. The summed E-state index contributed by atoms with van der Waals surface area (Å²) in [5, 5.41) is 0.807. The highest BCUT2D eigenvalue weighted by Crippen LogP contribution is 2.49. The van der Waals surface area contributed by atoms with Gasteiger partial charge in [0.05, 0.1) is 9.88 Å². The molecule has 1 aliphatic carbocycles. The van der Waals surface area contributed by atoms with E-state index in [9.17, 15) is 9.18 Å². The molecule has 3 atom stereocenters. The molecule has 0 bridgehead atoms. The van der Waals surface area contributed by atoms with Gasteiger partial charge in [-0.15, -0.1) is 11.3 Å². The van der Waals surface area contributed by atoms with Crippen molar-refractivity contribution in [3.8, 4) is 10.4 Å². The Labute approximate surface area is 138 Å². The predicted molar refractivity (Wildman–Crippen MR) is 87.7 cm³/mol. The molecule has 6 heteroatoms. The quantitative estimate of drug-likeness (QED) is 0.941. The molecule has 23 heavy (non-hydrogen) atoms. The van der Waals surface area contributed by atoms with E-state index >= 15 is 0 Å². The molecule has 2 fully saturated rings. The van der Waals surface area contributed by atoms with Crippen molar-refractivity contribution in [1.82, 2.24) is 9.88 Å². The molecule has 2 heterocycles. The SMILES string of the molecule is Cc1nc(C(=O)N2CC3C[C@@H]3[C@H]2CN)c(-c2cccc(F)c2)s1. The Morgan fingerprint density at radius 2 is 2.35 bits per heavy atom. The molecule has 0 spiro atoms. The summed E-state index contributed by atoms with van der Waals surface area (Å²) in [4.78, 5) is 20.0. The van der Waals surface area contributed by atoms with Gasteiger partial charge in [0, 0.05) is 19.1 Å². The molecular formula is C17H18FN3OS. The van der Waals surface area contributed by atoms with Crippen molar-refractivity contribution < 1.29 is 9.18 Å². The van der Waals surface area contributed by atoms with Gasteiger partial charge in [0.15, 0.2) is 0 Å². The topological polar surface area (TPSA) is 59.2 Å². The van der Waals surface area contributed by atoms with E-state index in [1.54, 1.807) is 6.07 Å². The van der Waals surface area contributed by atoms with Gasteiger partial charge in [0.2, 0.25) is 0 Å². The van der Waals surface area contributed by atoms with E-state index in [0.717, 1.165) is 16.4 Å². The van der Waals surface area contributed by atoms with Gasteiger partial charge in [-0.1, -0.05) is 12.1 Å². The monoisotopic (exact) mass is 331 g/mol. The lowest BCUT2D eigenvalue weighted by Gasteiger charge is -2.26. The van der Waals surface area contributed by atoms with Gasteiger partial charge in [0.25, 0.3) is 5.91 Å². The number of amides is 1. The first-order valence-corrected chi connectivity index (χ1v) is 8.64. The standard InChI is InChI=1S/C17H18FN3OS/c1-9-20-15(16(23-9)10-3-2-4-12(18)5-10)17(22)21-8-11-6-13(11)14(21)7-19/h2-5,11,13-14H,6-8,19H2,1H3/t11?,13-,14+/m0/s1. The van der Waals surface area contributed by atoms with E-state index in [0.29, 0.717) is 29.6 Å². The molecule has 1 aliphatic heterocycles. The molecule has 1 amide bonds. The number of carbonyl (C=O) groups is 1. The number of aryl methyl sites for hydroxylation is 1. The third kappa shape index (κ3) is 2.46. The Hall–Kier alpha value is -1.79. The van der Waals surface area contributed by atoms with Crippen molar-refractivity contribution in [1.29, 1.82) is 0 Å². The highest BCUT2D eigenvalue weighted by molar-refractivity contribution is 7.15. The van der Waals surface area contributed by atoms with E-state index in [4.69, 9.17) is 5.73 Å². The lowest BCUT2D eigenvalue weighted by Crippen LogP contribution is -2.43. The number of piperidine rings is 1. The summed E-state index contributed by atoms with van der Waals surface area (Å²) in [7, 11) is 0. The zero-order chi connectivity index (χ0) is 16.1. The number of nitrogens with two attached hydrogens (primary N) is 1. The highest BCUT2D eigenvalue weighted by Gasteiger charge is 2.53. The maximum absolute atomic E-state index is 13.5. The summed E-state index contributed by atoms with van der Waals surface area (Å²) in [5.41, 5.74) is 7.00. The van der Waals surface area contributed by atoms with Crippen molar-refractivity contribution in [2.75, 3.05) is 13.1 Å². The first-order valence-electron chi connectivity index (χ1n) is 7.83. The van der Waals surface area contributed by atoms with Gasteiger partial charge in [-0.05, 0) is 42.9 Å². The van der Waals surface area contributed by atoms with Crippen molar-refractivity contribution in [3.05, 3.63) is 40.8 Å². The second-order valence-corrected chi connectivity index (χ2v) is 7.54. The highest BCUT2D eigenvalue weighted by atomic mass is 32.1. The Bertz CT molecular complexity index is 775. The van der Waals surface area contributed by atoms with Crippen molar-refractivity contribution in [2.45, 2.75) is 19.4 Å². The predicted octanol–water partition coefficient (Wildman–Crippen LogP) is 2.68. The lowest BCUT2D eigenvalue weighted by atomic mass is 10.1. The van der Waals surface area contributed by atoms with E-state index in [-0.39, 0.29) is 17.8 Å². The van der Waals surface area contributed by atoms with Gasteiger partial charge in [0.1, 0.15) is 11.5 Å². The fourth-order valence-corrected chi connectivity index (χ4v) is 4.55. The van der Waals surface area contributed by atoms with Crippen LogP contribution in [0.4, 0.5) is 4.39 Å². The normalized spacial score (nSPS) is 25.5. The molecule has 1 saturated carbocycles. The number of likely N-dealkylation sites (tertiary alicyclic amines) is 1. The largest absolute Gasteiger partial charge is 0.332 e. The average Bonchev–Trinajstić information content (AvgIpc) is 3.03. The fraction of sp³-hybridized carbons (Fsp3) is 0.412. The van der Waals surface area contributed by atoms with Crippen molar-refractivity contribution in [3.63, 3.8) is 0 Å². The molecule has 1 aromatic carbocycles. The van der Waals surface area contributed by atoms with Crippen LogP contribution in [0.5, 0.6) is 0 Å². The van der Waals surface area contributed by atoms with Crippen LogP contribution in [0.3, 0.4) is 0 Å². The third-order valence-electron chi connectivity index (χ3n) is 4.83. The van der Waals surface area contributed by atoms with Crippen molar-refractivity contribution >= 4 is 17.2 Å². The fourth-order valence-electron chi connectivity index (χ4n) is 3.64. The van der Waals surface area contributed by atoms with Gasteiger partial charge >= 0.3 is 0 Å². The Morgan fingerprint density at radius 1 is 1.52 bits per heavy atom. The molecular weight excluding hydrogens is 313 g/mol. The number of carbonyl (C=O) groups excluding carboxylic acids is 1. The summed E-state index contributed by atoms with van der Waals surface area (Å²) >= 11 is 1.43. The molecule has 2 aromatic rings. The minimum absolute atomic E-state index is 0.0729. The van der Waals surface area contributed by atoms with Crippen LogP contribution in [0.15, 0.2) is 24.3 Å². The lowest BCUT2D eigenvalue weighted by molar-refractivity contribution is 0.0708. The van der Waals surface area contributed by atoms with Crippen LogP contribution < -0.4 is 5.73 Å². The van der Waals surface area contributed by atoms with Gasteiger partial charge in [-0.2, -0.15) is 0 Å². The van der Waals surface area contributed by atoms with Gasteiger partial charge < -0.3 is 10.6 Å². The third-order valence-corrected chi connectivity index (χ3v) is 5.85. The summed E-state index contributed by atoms with van der Waals surface area (Å²) in [6, 6.07) is 6.44. The maximum atomic E-state index is 13.5. The molecule has 1 saturated heterocycles. The van der Waals surface area contributed by atoms with E-state index in [1.165, 1.54) is 29.9 Å². The summed E-state index contributed by atoms with van der Waals surface area (Å²) in [6.45, 7) is 3.13. The maximum Gasteiger partial charge on any atom is 0.274 e. The first kappa shape index (κ1) is 14.8. The minimum Gasteiger partial charge on any atom is -0.332 e. The number of halogens is 1. The number of aromatic nitrogens is 1. The number of benzene rings is 1. The summed E-state index contributed by atoms with van der Waals surface area (Å²) in [5.74, 6) is 0.775. The van der Waals surface area contributed by atoms with E-state index in [1.807, 2.05) is 17.9 Å². The van der Waals surface area contributed by atoms with Gasteiger partial charge in [-0.25, -0.2) is 9.37 Å². The van der Waals surface area contributed by atoms with Crippen LogP contribution in [0.1, 0.15) is 21.9 Å². The molecule has 1 aromatic heterocycles. The minimum atomic E-state index is -0.311. The smallest absolute Gasteiger partial charge is 0.274 e. The molecule has 0 radical (unpaired) electrons. The number of fused-ring (bicyclic) bond motifs is 1. The molecule has 2 aliphatic rings. The number of hydrogen-bond donors (Lipinski definition) is 1. The van der Waals surface area contributed by atoms with Crippen LogP contribution in [-0.4, -0.2) is 34.9 Å². The molecule has 120 valence electrons. The van der Waals surface area contributed by atoms with Crippen LogP contribution >= 0.6 is 11.3 Å². The van der Waals surface area contributed by atoms with E-state index < -0.39 is 0 Å². The van der Waals surface area contributed by atoms with Gasteiger partial charge in [-0.3, -0.25) is 4.79 Å². The van der Waals surface area contributed by atoms with Crippen molar-refractivity contribution in [2.24, 2.45) is 17.6 Å². The molecule has 4 rings (SSSR count).